The van der Waals surface area contributed by atoms with Gasteiger partial charge in [0.05, 0.1) is 0 Å². The van der Waals surface area contributed by atoms with Crippen molar-refractivity contribution >= 4 is 11.4 Å². The Balaban J connectivity index is 1.92. The van der Waals surface area contributed by atoms with Crippen molar-refractivity contribution in [1.82, 2.24) is 0 Å². The van der Waals surface area contributed by atoms with Gasteiger partial charge in [-0.3, -0.25) is 0 Å². The van der Waals surface area contributed by atoms with Crippen LogP contribution in [-0.2, 0) is 6.42 Å². The maximum Gasteiger partial charge on any atom is 0.0399 e. The summed E-state index contributed by atoms with van der Waals surface area (Å²) in [5, 5.41) is 3.13. The van der Waals surface area contributed by atoms with Crippen LogP contribution in [0.3, 0.4) is 0 Å². The predicted molar refractivity (Wildman–Crippen MR) is 101 cm³/mol. The third-order valence-corrected chi connectivity index (χ3v) is 4.23. The van der Waals surface area contributed by atoms with E-state index in [0.717, 1.165) is 34.5 Å². The molecule has 0 aliphatic carbocycles. The van der Waals surface area contributed by atoms with Gasteiger partial charge < -0.3 is 11.1 Å². The quantitative estimate of drug-likeness (QED) is 0.649. The van der Waals surface area contributed by atoms with Crippen LogP contribution in [0.2, 0.25) is 0 Å². The zero-order chi connectivity index (χ0) is 16.2. The number of benzene rings is 3. The molecule has 0 saturated heterocycles. The highest BCUT2D eigenvalue weighted by Crippen LogP contribution is 2.31. The van der Waals surface area contributed by atoms with E-state index in [1.54, 1.807) is 0 Å². The van der Waals surface area contributed by atoms with E-state index >= 15 is 0 Å². The van der Waals surface area contributed by atoms with Gasteiger partial charge in [0.1, 0.15) is 0 Å². The summed E-state index contributed by atoms with van der Waals surface area (Å²) >= 11 is 0. The minimum Gasteiger partial charge on any atom is -0.398 e. The number of hydrogen-bond acceptors (Lipinski definition) is 2. The molecule has 0 radical (unpaired) electrons. The lowest BCUT2D eigenvalue weighted by Crippen LogP contribution is -1.92. The number of nitrogen functional groups attached to an aromatic ring is 1. The molecule has 0 heterocycles. The Morgan fingerprint density at radius 1 is 0.783 bits per heavy atom. The lowest BCUT2D eigenvalue weighted by atomic mass is 9.97. The monoisotopic (exact) mass is 302 g/mol. The molecule has 2 heteroatoms. The highest BCUT2D eigenvalue weighted by atomic mass is 14.8. The number of nitrogens with two attached hydrogens (primary N) is 1. The van der Waals surface area contributed by atoms with Gasteiger partial charge in [-0.25, -0.2) is 0 Å². The molecule has 0 atom stereocenters. The van der Waals surface area contributed by atoms with E-state index in [2.05, 4.69) is 79.0 Å². The molecular weight excluding hydrogens is 280 g/mol. The third kappa shape index (κ3) is 3.21. The average Bonchev–Trinajstić information content (AvgIpc) is 2.62. The predicted octanol–water partition coefficient (Wildman–Crippen LogP) is 5.21. The van der Waals surface area contributed by atoms with Crippen LogP contribution in [0.15, 0.2) is 66.7 Å². The summed E-state index contributed by atoms with van der Waals surface area (Å²) in [6.45, 7) is 2.17. The van der Waals surface area contributed by atoms with Crippen LogP contribution in [0.4, 0.5) is 11.4 Å². The molecule has 116 valence electrons. The van der Waals surface area contributed by atoms with Crippen LogP contribution in [0, 0.1) is 0 Å². The maximum atomic E-state index is 6.30. The molecule has 23 heavy (non-hydrogen) atoms. The molecule has 3 N–H and O–H groups in total. The summed E-state index contributed by atoms with van der Waals surface area (Å²) in [5.74, 6) is 0. The lowest BCUT2D eigenvalue weighted by molar-refractivity contribution is 1.14. The summed E-state index contributed by atoms with van der Waals surface area (Å²) in [5.41, 5.74) is 14.1. The highest BCUT2D eigenvalue weighted by molar-refractivity contribution is 5.81. The Morgan fingerprint density at radius 3 is 1.96 bits per heavy atom. The van der Waals surface area contributed by atoms with Gasteiger partial charge in [-0.15, -0.1) is 0 Å². The second-order valence-corrected chi connectivity index (χ2v) is 5.68. The summed E-state index contributed by atoms with van der Waals surface area (Å²) in [6.07, 6.45) is 1.06. The summed E-state index contributed by atoms with van der Waals surface area (Å²) < 4.78 is 0. The zero-order valence-electron chi connectivity index (χ0n) is 13.6. The maximum absolute atomic E-state index is 6.30. The molecule has 0 aliphatic rings. The van der Waals surface area contributed by atoms with Crippen LogP contribution >= 0.6 is 0 Å². The van der Waals surface area contributed by atoms with Gasteiger partial charge in [0.25, 0.3) is 0 Å². The Kier molecular flexibility index (Phi) is 4.33. The number of aryl methyl sites for hydroxylation is 1. The van der Waals surface area contributed by atoms with E-state index in [9.17, 15) is 0 Å². The molecule has 0 fully saturated rings. The highest BCUT2D eigenvalue weighted by Gasteiger charge is 2.05. The van der Waals surface area contributed by atoms with Crippen molar-refractivity contribution in [2.24, 2.45) is 0 Å². The standard InChI is InChI=1S/C21H22N2/c1-3-15-4-6-16(7-5-15)18-10-13-20(21(22)14-18)17-8-11-19(23-2)12-9-17/h4-14,23H,3,22H2,1-2H3. The Bertz CT molecular complexity index is 787. The third-order valence-electron chi connectivity index (χ3n) is 4.23. The molecule has 0 aliphatic heterocycles. The first kappa shape index (κ1) is 15.2. The Labute approximate surface area is 138 Å². The van der Waals surface area contributed by atoms with E-state index in [1.807, 2.05) is 7.05 Å². The zero-order valence-corrected chi connectivity index (χ0v) is 13.6. The van der Waals surface area contributed by atoms with Crippen LogP contribution in [0.1, 0.15) is 12.5 Å². The average molecular weight is 302 g/mol. The molecule has 3 aromatic carbocycles. The molecule has 0 spiro atoms. The summed E-state index contributed by atoms with van der Waals surface area (Å²) in [7, 11) is 1.92. The van der Waals surface area contributed by atoms with Crippen molar-refractivity contribution < 1.29 is 0 Å². The van der Waals surface area contributed by atoms with Gasteiger partial charge in [-0.2, -0.15) is 0 Å². The van der Waals surface area contributed by atoms with Crippen LogP contribution in [0.25, 0.3) is 22.3 Å². The van der Waals surface area contributed by atoms with Crippen molar-refractivity contribution in [3.63, 3.8) is 0 Å². The largest absolute Gasteiger partial charge is 0.398 e. The van der Waals surface area contributed by atoms with Gasteiger partial charge in [-0.1, -0.05) is 55.5 Å². The van der Waals surface area contributed by atoms with Gasteiger partial charge >= 0.3 is 0 Å². The van der Waals surface area contributed by atoms with E-state index < -0.39 is 0 Å². The lowest BCUT2D eigenvalue weighted by Gasteiger charge is -2.10. The van der Waals surface area contributed by atoms with Crippen molar-refractivity contribution in [2.75, 3.05) is 18.1 Å². The van der Waals surface area contributed by atoms with E-state index in [4.69, 9.17) is 5.73 Å². The van der Waals surface area contributed by atoms with E-state index in [-0.39, 0.29) is 0 Å². The van der Waals surface area contributed by atoms with Crippen molar-refractivity contribution in [1.29, 1.82) is 0 Å². The second kappa shape index (κ2) is 6.57. The first-order valence-electron chi connectivity index (χ1n) is 7.98. The Hall–Kier alpha value is -2.74. The fourth-order valence-electron chi connectivity index (χ4n) is 2.75. The second-order valence-electron chi connectivity index (χ2n) is 5.68. The van der Waals surface area contributed by atoms with Crippen LogP contribution < -0.4 is 11.1 Å². The first-order valence-corrected chi connectivity index (χ1v) is 7.98. The smallest absolute Gasteiger partial charge is 0.0399 e. The molecule has 0 saturated carbocycles. The number of nitrogens with one attached hydrogen (secondary N) is 1. The van der Waals surface area contributed by atoms with Gasteiger partial charge in [0.15, 0.2) is 0 Å². The molecule has 2 nitrogen and oxygen atoms in total. The fourth-order valence-corrected chi connectivity index (χ4v) is 2.75. The molecule has 3 aromatic rings. The SMILES string of the molecule is CCc1ccc(-c2ccc(-c3ccc(NC)cc3)c(N)c2)cc1. The topological polar surface area (TPSA) is 38.0 Å². The minimum absolute atomic E-state index is 0.805. The fraction of sp³-hybridized carbons (Fsp3) is 0.143. The first-order chi connectivity index (χ1) is 11.2. The van der Waals surface area contributed by atoms with Crippen LogP contribution in [0.5, 0.6) is 0 Å². The van der Waals surface area contributed by atoms with E-state index in [1.165, 1.54) is 11.1 Å². The number of anilines is 2. The van der Waals surface area contributed by atoms with Gasteiger partial charge in [0.2, 0.25) is 0 Å². The summed E-state index contributed by atoms with van der Waals surface area (Å²) in [6, 6.07) is 23.3. The molecule has 0 unspecified atom stereocenters. The van der Waals surface area contributed by atoms with E-state index in [0.29, 0.717) is 0 Å². The number of hydrogen-bond donors (Lipinski definition) is 2. The van der Waals surface area contributed by atoms with Crippen molar-refractivity contribution in [2.45, 2.75) is 13.3 Å². The minimum atomic E-state index is 0.805. The molecule has 0 amide bonds. The molecule has 0 bridgehead atoms. The van der Waals surface area contributed by atoms with Gasteiger partial charge in [0, 0.05) is 24.0 Å². The molecule has 3 rings (SSSR count). The normalized spacial score (nSPS) is 10.5. The van der Waals surface area contributed by atoms with Crippen molar-refractivity contribution in [3.05, 3.63) is 72.3 Å². The summed E-state index contributed by atoms with van der Waals surface area (Å²) in [4.78, 5) is 0. The Morgan fingerprint density at radius 2 is 1.39 bits per heavy atom. The number of rotatable bonds is 4. The van der Waals surface area contributed by atoms with Crippen LogP contribution in [-0.4, -0.2) is 7.05 Å². The van der Waals surface area contributed by atoms with Crippen molar-refractivity contribution in [3.8, 4) is 22.3 Å². The molecule has 0 aromatic heterocycles. The molecular formula is C21H22N2. The van der Waals surface area contributed by atoms with Gasteiger partial charge in [-0.05, 0) is 46.9 Å².